The molecule has 9 heteroatoms. The summed E-state index contributed by atoms with van der Waals surface area (Å²) in [7, 11) is 1.80. The van der Waals surface area contributed by atoms with Crippen molar-refractivity contribution < 1.29 is 13.7 Å². The second-order valence-electron chi connectivity index (χ2n) is 9.79. The highest BCUT2D eigenvalue weighted by atomic mass is 35.5. The molecule has 1 aromatic carbocycles. The van der Waals surface area contributed by atoms with Crippen LogP contribution in [-0.4, -0.2) is 30.5 Å². The Balaban J connectivity index is 1.46. The fourth-order valence-corrected chi connectivity index (χ4v) is 5.58. The maximum atomic E-state index is 13.4. The summed E-state index contributed by atoms with van der Waals surface area (Å²) in [5, 5.41) is 2.77. The van der Waals surface area contributed by atoms with E-state index in [0.29, 0.717) is 23.2 Å². The molecular weight excluding hydrogens is 451 g/mol. The normalized spacial score (nSPS) is 23.8. The second-order valence-corrected chi connectivity index (χ2v) is 12.1. The summed E-state index contributed by atoms with van der Waals surface area (Å²) in [5.41, 5.74) is 2.80. The number of carbonyl (C=O) groups excluding carboxylic acids is 1. The van der Waals surface area contributed by atoms with Crippen LogP contribution in [0.4, 0.5) is 10.1 Å². The van der Waals surface area contributed by atoms with Crippen molar-refractivity contribution in [3.05, 3.63) is 46.8 Å². The summed E-state index contributed by atoms with van der Waals surface area (Å²) in [6.07, 6.45) is 5.27. The highest BCUT2D eigenvalue weighted by molar-refractivity contribution is 7.91. The first kappa shape index (κ1) is 23.3. The van der Waals surface area contributed by atoms with Crippen molar-refractivity contribution in [3.8, 4) is 0 Å². The summed E-state index contributed by atoms with van der Waals surface area (Å²) in [6, 6.07) is 4.11. The third kappa shape index (κ3) is 4.72. The molecule has 172 valence electrons. The van der Waals surface area contributed by atoms with Crippen molar-refractivity contribution in [1.29, 1.82) is 0 Å². The molecule has 0 saturated heterocycles. The smallest absolute Gasteiger partial charge is 0.274 e. The third-order valence-corrected chi connectivity index (χ3v) is 8.08. The number of imidazole rings is 1. The van der Waals surface area contributed by atoms with E-state index in [1.807, 2.05) is 20.8 Å². The molecule has 2 fully saturated rings. The van der Waals surface area contributed by atoms with Crippen molar-refractivity contribution in [1.82, 2.24) is 9.55 Å². The fraction of sp³-hybridized carbons (Fsp3) is 0.522. The van der Waals surface area contributed by atoms with Gasteiger partial charge in [-0.1, -0.05) is 16.0 Å². The largest absolute Gasteiger partial charge is 0.591 e. The minimum atomic E-state index is -1.22. The van der Waals surface area contributed by atoms with Gasteiger partial charge in [-0.2, -0.15) is 0 Å². The van der Waals surface area contributed by atoms with E-state index in [-0.39, 0.29) is 21.6 Å². The molecule has 3 atom stereocenters. The zero-order valence-electron chi connectivity index (χ0n) is 18.7. The third-order valence-electron chi connectivity index (χ3n) is 6.32. The van der Waals surface area contributed by atoms with E-state index < -0.39 is 17.2 Å². The summed E-state index contributed by atoms with van der Waals surface area (Å²) < 4.78 is 31.7. The van der Waals surface area contributed by atoms with Crippen LogP contribution in [0.1, 0.15) is 68.6 Å². The molecule has 0 radical (unpaired) electrons. The van der Waals surface area contributed by atoms with Crippen molar-refractivity contribution in [2.45, 2.75) is 57.1 Å². The molecule has 6 nitrogen and oxygen atoms in total. The SMILES string of the molecule is Cn1cnc(C2CC3CC(=N[S+]([O-])C(C)(C)C)CC3C2)c1C(=O)Nc1ccc(F)c(Cl)c1. The number of nitrogens with zero attached hydrogens (tertiary/aromatic N) is 3. The minimum Gasteiger partial charge on any atom is -0.591 e. The predicted octanol–water partition coefficient (Wildman–Crippen LogP) is 5.27. The van der Waals surface area contributed by atoms with Crippen LogP contribution in [0.25, 0.3) is 0 Å². The molecule has 4 rings (SSSR count). The van der Waals surface area contributed by atoms with Crippen LogP contribution in [0, 0.1) is 17.7 Å². The monoisotopic (exact) mass is 478 g/mol. The molecule has 1 N–H and O–H groups in total. The summed E-state index contributed by atoms with van der Waals surface area (Å²) in [4.78, 5) is 17.6. The van der Waals surface area contributed by atoms with Gasteiger partial charge in [-0.25, -0.2) is 9.37 Å². The van der Waals surface area contributed by atoms with E-state index in [0.717, 1.165) is 37.1 Å². The molecule has 2 saturated carbocycles. The molecule has 2 aromatic rings. The predicted molar refractivity (Wildman–Crippen MR) is 126 cm³/mol. The molecule has 0 bridgehead atoms. The van der Waals surface area contributed by atoms with Crippen molar-refractivity contribution in [3.63, 3.8) is 0 Å². The zero-order chi connectivity index (χ0) is 23.2. The Morgan fingerprint density at radius 2 is 1.97 bits per heavy atom. The van der Waals surface area contributed by atoms with Crippen LogP contribution < -0.4 is 5.32 Å². The van der Waals surface area contributed by atoms with Crippen LogP contribution in [0.15, 0.2) is 28.9 Å². The van der Waals surface area contributed by atoms with E-state index >= 15 is 0 Å². The van der Waals surface area contributed by atoms with E-state index in [2.05, 4.69) is 14.7 Å². The lowest BCUT2D eigenvalue weighted by atomic mass is 9.97. The lowest BCUT2D eigenvalue weighted by molar-refractivity contribution is 0.101. The van der Waals surface area contributed by atoms with Crippen molar-refractivity contribution >= 4 is 40.3 Å². The summed E-state index contributed by atoms with van der Waals surface area (Å²) in [5.74, 6) is 0.327. The number of rotatable bonds is 4. The summed E-state index contributed by atoms with van der Waals surface area (Å²) >= 11 is 4.62. The quantitative estimate of drug-likeness (QED) is 0.607. The van der Waals surface area contributed by atoms with Crippen LogP contribution in [0.5, 0.6) is 0 Å². The number of anilines is 1. The number of nitrogens with one attached hydrogen (secondary N) is 1. The van der Waals surface area contributed by atoms with Gasteiger partial charge in [-0.05, 0) is 76.5 Å². The molecule has 2 aliphatic carbocycles. The van der Waals surface area contributed by atoms with E-state index in [9.17, 15) is 13.7 Å². The Kier molecular flexibility index (Phi) is 6.40. The fourth-order valence-electron chi connectivity index (χ4n) is 4.74. The molecule has 0 aliphatic heterocycles. The van der Waals surface area contributed by atoms with Crippen molar-refractivity contribution in [2.75, 3.05) is 5.32 Å². The Labute approximate surface area is 196 Å². The highest BCUT2D eigenvalue weighted by Gasteiger charge is 2.43. The van der Waals surface area contributed by atoms with Crippen molar-refractivity contribution in [2.24, 2.45) is 23.3 Å². The Bertz CT molecular complexity index is 1050. The summed E-state index contributed by atoms with van der Waals surface area (Å²) in [6.45, 7) is 5.81. The van der Waals surface area contributed by atoms with Gasteiger partial charge in [0.1, 0.15) is 27.6 Å². The topological polar surface area (TPSA) is 82.3 Å². The Morgan fingerprint density at radius 3 is 2.56 bits per heavy atom. The van der Waals surface area contributed by atoms with Crippen LogP contribution in [-0.2, 0) is 18.4 Å². The van der Waals surface area contributed by atoms with E-state index in [1.54, 1.807) is 17.9 Å². The lowest BCUT2D eigenvalue weighted by Crippen LogP contribution is -2.26. The number of carbonyl (C=O) groups is 1. The minimum absolute atomic E-state index is 0.0403. The number of aryl methyl sites for hydroxylation is 1. The highest BCUT2D eigenvalue weighted by Crippen LogP contribution is 2.50. The van der Waals surface area contributed by atoms with Gasteiger partial charge in [-0.3, -0.25) is 4.79 Å². The molecule has 0 spiro atoms. The molecule has 3 unspecified atom stereocenters. The van der Waals surface area contributed by atoms with Gasteiger partial charge in [-0.15, -0.1) is 0 Å². The molecule has 2 aliphatic rings. The molecule has 32 heavy (non-hydrogen) atoms. The number of hydrogen-bond acceptors (Lipinski definition) is 4. The maximum Gasteiger partial charge on any atom is 0.274 e. The standard InChI is InChI=1S/C23H28ClFN4O2S/c1-23(2,3)32(31)28-17-9-13-7-15(8-14(13)10-17)20-21(29(4)12-26-20)22(30)27-16-5-6-19(25)18(24)11-16/h5-6,11-15H,7-10H2,1-4H3,(H,27,30). The number of amides is 1. The van der Waals surface area contributed by atoms with Gasteiger partial charge in [0.05, 0.1) is 22.8 Å². The van der Waals surface area contributed by atoms with Gasteiger partial charge in [0.25, 0.3) is 5.91 Å². The van der Waals surface area contributed by atoms with Gasteiger partial charge in [0.15, 0.2) is 0 Å². The lowest BCUT2D eigenvalue weighted by Gasteiger charge is -2.19. The van der Waals surface area contributed by atoms with Gasteiger partial charge >= 0.3 is 0 Å². The van der Waals surface area contributed by atoms with E-state index in [1.165, 1.54) is 18.2 Å². The Hall–Kier alpha value is -1.90. The molecular formula is C23H28ClFN4O2S. The molecule has 1 aromatic heterocycles. The average Bonchev–Trinajstić information content (AvgIpc) is 3.36. The van der Waals surface area contributed by atoms with Gasteiger partial charge in [0.2, 0.25) is 0 Å². The first-order chi connectivity index (χ1) is 15.0. The first-order valence-corrected chi connectivity index (χ1v) is 12.3. The zero-order valence-corrected chi connectivity index (χ0v) is 20.3. The second kappa shape index (κ2) is 8.80. The molecule has 1 heterocycles. The van der Waals surface area contributed by atoms with Gasteiger partial charge in [0, 0.05) is 18.7 Å². The number of hydrogen-bond donors (Lipinski definition) is 1. The maximum absolute atomic E-state index is 13.4. The number of benzene rings is 1. The number of aromatic nitrogens is 2. The van der Waals surface area contributed by atoms with E-state index in [4.69, 9.17) is 11.6 Å². The Morgan fingerprint density at radius 1 is 1.31 bits per heavy atom. The van der Waals surface area contributed by atoms with Crippen LogP contribution in [0.2, 0.25) is 5.02 Å². The first-order valence-electron chi connectivity index (χ1n) is 10.8. The van der Waals surface area contributed by atoms with Gasteiger partial charge < -0.3 is 14.4 Å². The average molecular weight is 479 g/mol. The number of halogens is 2. The van der Waals surface area contributed by atoms with Crippen LogP contribution in [0.3, 0.4) is 0 Å². The molecule has 1 amide bonds. The number of fused-ring (bicyclic) bond motifs is 1. The van der Waals surface area contributed by atoms with Crippen LogP contribution >= 0.6 is 11.6 Å².